The second-order valence-electron chi connectivity index (χ2n) is 8.19. The Labute approximate surface area is 197 Å². The minimum Gasteiger partial charge on any atom is -0.483 e. The Balaban J connectivity index is 1.95. The average Bonchev–Trinajstić information content (AvgIpc) is 2.81. The van der Waals surface area contributed by atoms with E-state index in [1.54, 1.807) is 30.3 Å². The number of unbranched alkanes of at least 4 members (excludes halogenated alkanes) is 1. The summed E-state index contributed by atoms with van der Waals surface area (Å²) in [6.07, 6.45) is 3.03. The third kappa shape index (κ3) is 5.63. The van der Waals surface area contributed by atoms with Gasteiger partial charge in [0.25, 0.3) is 15.9 Å². The van der Waals surface area contributed by atoms with Crippen molar-refractivity contribution in [1.29, 1.82) is 0 Å². The highest BCUT2D eigenvalue weighted by atomic mass is 32.2. The van der Waals surface area contributed by atoms with Crippen molar-refractivity contribution in [1.82, 2.24) is 0 Å². The molecule has 0 atom stereocenters. The molecule has 0 spiro atoms. The molecule has 6 heteroatoms. The Morgan fingerprint density at radius 3 is 2.15 bits per heavy atom. The molecule has 0 radical (unpaired) electrons. The van der Waals surface area contributed by atoms with Gasteiger partial charge < -0.3 is 4.74 Å². The van der Waals surface area contributed by atoms with Crippen LogP contribution in [0.15, 0.2) is 71.6 Å². The topological polar surface area (TPSA) is 63.7 Å². The molecule has 3 aromatic carbocycles. The fourth-order valence-corrected chi connectivity index (χ4v) is 5.07. The summed E-state index contributed by atoms with van der Waals surface area (Å²) < 4.78 is 33.7. The summed E-state index contributed by atoms with van der Waals surface area (Å²) in [4.78, 5) is 13.4. The standard InChI is InChI=1S/C27H31NO4S/c1-5-6-10-23-15-17-24(18-16-23)28(33(30,31)25-11-8-7-9-12-25)26(29)19-32-27-21(3)14-13-20(2)22(27)4/h7-9,11-18H,5-6,10,19H2,1-4H3. The molecule has 0 aliphatic rings. The Morgan fingerprint density at radius 1 is 0.879 bits per heavy atom. The molecule has 0 fully saturated rings. The highest BCUT2D eigenvalue weighted by molar-refractivity contribution is 7.93. The lowest BCUT2D eigenvalue weighted by Gasteiger charge is -2.23. The van der Waals surface area contributed by atoms with Crippen molar-refractivity contribution in [2.75, 3.05) is 10.9 Å². The molecule has 0 aromatic heterocycles. The van der Waals surface area contributed by atoms with Crippen molar-refractivity contribution in [2.24, 2.45) is 0 Å². The maximum atomic E-state index is 13.5. The van der Waals surface area contributed by atoms with Gasteiger partial charge in [0.1, 0.15) is 5.75 Å². The number of ether oxygens (including phenoxy) is 1. The van der Waals surface area contributed by atoms with Crippen LogP contribution >= 0.6 is 0 Å². The van der Waals surface area contributed by atoms with E-state index in [9.17, 15) is 13.2 Å². The number of amides is 1. The molecular weight excluding hydrogens is 434 g/mol. The molecule has 174 valence electrons. The van der Waals surface area contributed by atoms with Crippen LogP contribution in [0.25, 0.3) is 0 Å². The Morgan fingerprint density at radius 2 is 1.52 bits per heavy atom. The monoisotopic (exact) mass is 465 g/mol. The first-order valence-electron chi connectivity index (χ1n) is 11.2. The minimum atomic E-state index is -4.11. The third-order valence-corrected chi connectivity index (χ3v) is 7.47. The molecule has 0 unspecified atom stereocenters. The number of hydrogen-bond acceptors (Lipinski definition) is 4. The van der Waals surface area contributed by atoms with Crippen molar-refractivity contribution in [3.05, 3.63) is 89.0 Å². The summed E-state index contributed by atoms with van der Waals surface area (Å²) in [6, 6.07) is 19.0. The second kappa shape index (κ2) is 10.7. The van der Waals surface area contributed by atoms with Gasteiger partial charge in [-0.05, 0) is 80.1 Å². The number of rotatable bonds is 9. The second-order valence-corrected chi connectivity index (χ2v) is 9.98. The first-order valence-corrected chi connectivity index (χ1v) is 12.6. The predicted molar refractivity (Wildman–Crippen MR) is 132 cm³/mol. The van der Waals surface area contributed by atoms with E-state index in [1.807, 2.05) is 45.0 Å². The summed E-state index contributed by atoms with van der Waals surface area (Å²) in [5.74, 6) is -0.0456. The lowest BCUT2D eigenvalue weighted by molar-refractivity contribution is -0.119. The van der Waals surface area contributed by atoms with Crippen LogP contribution in [0, 0.1) is 20.8 Å². The van der Waals surface area contributed by atoms with Crippen LogP contribution in [0.3, 0.4) is 0 Å². The molecule has 0 aliphatic heterocycles. The van der Waals surface area contributed by atoms with Crippen LogP contribution in [0.1, 0.15) is 42.0 Å². The number of anilines is 1. The average molecular weight is 466 g/mol. The van der Waals surface area contributed by atoms with Gasteiger partial charge in [0, 0.05) is 0 Å². The number of nitrogens with zero attached hydrogens (tertiary/aromatic N) is 1. The highest BCUT2D eigenvalue weighted by Gasteiger charge is 2.31. The number of aryl methyl sites for hydroxylation is 3. The summed E-state index contributed by atoms with van der Waals surface area (Å²) in [5.41, 5.74) is 4.27. The Bertz CT molecular complexity index is 1200. The molecule has 1 amide bonds. The lowest BCUT2D eigenvalue weighted by Crippen LogP contribution is -2.40. The van der Waals surface area contributed by atoms with Crippen LogP contribution in [-0.2, 0) is 21.2 Å². The first-order chi connectivity index (χ1) is 15.8. The molecule has 0 N–H and O–H groups in total. The largest absolute Gasteiger partial charge is 0.483 e. The van der Waals surface area contributed by atoms with E-state index in [0.717, 1.165) is 45.8 Å². The van der Waals surface area contributed by atoms with Gasteiger partial charge in [0.05, 0.1) is 10.6 Å². The molecule has 0 saturated carbocycles. The zero-order valence-corrected chi connectivity index (χ0v) is 20.5. The first kappa shape index (κ1) is 24.5. The molecular formula is C27H31NO4S. The normalized spacial score (nSPS) is 11.3. The third-order valence-electron chi connectivity index (χ3n) is 5.71. The number of benzene rings is 3. The molecule has 3 rings (SSSR count). The van der Waals surface area contributed by atoms with Gasteiger partial charge in [-0.1, -0.05) is 55.8 Å². The molecule has 33 heavy (non-hydrogen) atoms. The molecule has 0 heterocycles. The van der Waals surface area contributed by atoms with Crippen molar-refractivity contribution in [3.63, 3.8) is 0 Å². The summed E-state index contributed by atoms with van der Waals surface area (Å²) in [7, 11) is -4.11. The fraction of sp³-hybridized carbons (Fsp3) is 0.296. The van der Waals surface area contributed by atoms with E-state index >= 15 is 0 Å². The van der Waals surface area contributed by atoms with Gasteiger partial charge in [0.15, 0.2) is 6.61 Å². The summed E-state index contributed by atoms with van der Waals surface area (Å²) in [5, 5.41) is 0. The number of sulfonamides is 1. The molecule has 5 nitrogen and oxygen atoms in total. The maximum absolute atomic E-state index is 13.5. The van der Waals surface area contributed by atoms with E-state index in [0.29, 0.717) is 11.4 Å². The van der Waals surface area contributed by atoms with Crippen LogP contribution in [0.2, 0.25) is 0 Å². The summed E-state index contributed by atoms with van der Waals surface area (Å²) >= 11 is 0. The van der Waals surface area contributed by atoms with E-state index < -0.39 is 22.5 Å². The highest BCUT2D eigenvalue weighted by Crippen LogP contribution is 2.28. The van der Waals surface area contributed by atoms with Crippen molar-refractivity contribution >= 4 is 21.6 Å². The molecule has 0 aliphatic carbocycles. The van der Waals surface area contributed by atoms with Crippen molar-refractivity contribution in [3.8, 4) is 5.75 Å². The smallest absolute Gasteiger partial charge is 0.278 e. The van der Waals surface area contributed by atoms with Crippen LogP contribution in [-0.4, -0.2) is 20.9 Å². The minimum absolute atomic E-state index is 0.0522. The Kier molecular flexibility index (Phi) is 7.92. The fourth-order valence-electron chi connectivity index (χ4n) is 3.63. The zero-order chi connectivity index (χ0) is 24.0. The zero-order valence-electron chi connectivity index (χ0n) is 19.7. The number of carbonyl (C=O) groups is 1. The van der Waals surface area contributed by atoms with E-state index in [2.05, 4.69) is 6.92 Å². The van der Waals surface area contributed by atoms with Gasteiger partial charge in [-0.2, -0.15) is 4.31 Å². The molecule has 3 aromatic rings. The van der Waals surface area contributed by atoms with Gasteiger partial charge in [0.2, 0.25) is 0 Å². The maximum Gasteiger partial charge on any atom is 0.278 e. The quantitative estimate of drug-likeness (QED) is 0.403. The number of carbonyl (C=O) groups excluding carboxylic acids is 1. The van der Waals surface area contributed by atoms with E-state index in [4.69, 9.17) is 4.74 Å². The van der Waals surface area contributed by atoms with E-state index in [-0.39, 0.29) is 4.90 Å². The Hall–Kier alpha value is -3.12. The van der Waals surface area contributed by atoms with Gasteiger partial charge in [-0.25, -0.2) is 8.42 Å². The van der Waals surface area contributed by atoms with Crippen molar-refractivity contribution in [2.45, 2.75) is 51.9 Å². The summed E-state index contributed by atoms with van der Waals surface area (Å²) in [6.45, 7) is 7.53. The van der Waals surface area contributed by atoms with Gasteiger partial charge in [-0.15, -0.1) is 0 Å². The van der Waals surface area contributed by atoms with Crippen molar-refractivity contribution < 1.29 is 17.9 Å². The molecule has 0 saturated heterocycles. The lowest BCUT2D eigenvalue weighted by atomic mass is 10.1. The SMILES string of the molecule is CCCCc1ccc(N(C(=O)COc2c(C)ccc(C)c2C)S(=O)(=O)c2ccccc2)cc1. The van der Waals surface area contributed by atoms with Gasteiger partial charge in [-0.3, -0.25) is 4.79 Å². The van der Waals surface area contributed by atoms with Crippen LogP contribution < -0.4 is 9.04 Å². The predicted octanol–water partition coefficient (Wildman–Crippen LogP) is 5.76. The number of hydrogen-bond donors (Lipinski definition) is 0. The van der Waals surface area contributed by atoms with Crippen LogP contribution in [0.4, 0.5) is 5.69 Å². The van der Waals surface area contributed by atoms with Gasteiger partial charge >= 0.3 is 0 Å². The van der Waals surface area contributed by atoms with Crippen LogP contribution in [0.5, 0.6) is 5.75 Å². The van der Waals surface area contributed by atoms with E-state index in [1.165, 1.54) is 12.1 Å². The molecule has 0 bridgehead atoms.